The molecule has 1 unspecified atom stereocenters. The molecule has 0 aliphatic carbocycles. The highest BCUT2D eigenvalue weighted by Crippen LogP contribution is 2.29. The SMILES string of the molecule is COc1cccc(OC)c1C(=O)N(C)CC1CN(C)CCO1. The zero-order valence-corrected chi connectivity index (χ0v) is 13.7. The van der Waals surface area contributed by atoms with Crippen molar-refractivity contribution < 1.29 is 19.0 Å². The van der Waals surface area contributed by atoms with Gasteiger partial charge in [0.1, 0.15) is 17.1 Å². The topological polar surface area (TPSA) is 51.2 Å². The zero-order valence-electron chi connectivity index (χ0n) is 13.7. The maximum atomic E-state index is 12.8. The number of nitrogens with zero attached hydrogens (tertiary/aromatic N) is 2. The molecule has 6 heteroatoms. The van der Waals surface area contributed by atoms with E-state index >= 15 is 0 Å². The minimum atomic E-state index is -0.133. The fourth-order valence-electron chi connectivity index (χ4n) is 2.62. The highest BCUT2D eigenvalue weighted by molar-refractivity contribution is 5.99. The van der Waals surface area contributed by atoms with Crippen molar-refractivity contribution in [2.75, 3.05) is 54.6 Å². The van der Waals surface area contributed by atoms with E-state index in [0.29, 0.717) is 30.2 Å². The maximum Gasteiger partial charge on any atom is 0.261 e. The summed E-state index contributed by atoms with van der Waals surface area (Å²) >= 11 is 0. The molecule has 0 radical (unpaired) electrons. The Balaban J connectivity index is 2.13. The van der Waals surface area contributed by atoms with Gasteiger partial charge in [-0.2, -0.15) is 0 Å². The maximum absolute atomic E-state index is 12.8. The molecule has 1 heterocycles. The number of hydrogen-bond acceptors (Lipinski definition) is 5. The Bertz CT molecular complexity index is 499. The molecule has 1 atom stereocenters. The van der Waals surface area contributed by atoms with E-state index in [1.807, 2.05) is 0 Å². The van der Waals surface area contributed by atoms with E-state index in [9.17, 15) is 4.79 Å². The number of carbonyl (C=O) groups excluding carboxylic acids is 1. The Morgan fingerprint density at radius 3 is 2.55 bits per heavy atom. The summed E-state index contributed by atoms with van der Waals surface area (Å²) in [4.78, 5) is 16.6. The second-order valence-electron chi connectivity index (χ2n) is 5.48. The molecule has 1 aromatic carbocycles. The van der Waals surface area contributed by atoms with Crippen LogP contribution in [0.3, 0.4) is 0 Å². The first-order chi connectivity index (χ1) is 10.6. The van der Waals surface area contributed by atoms with Crippen LogP contribution < -0.4 is 9.47 Å². The van der Waals surface area contributed by atoms with Crippen molar-refractivity contribution in [1.29, 1.82) is 0 Å². The standard InChI is InChI=1S/C16H24N2O4/c1-17-8-9-22-12(10-17)11-18(2)16(19)15-13(20-3)6-5-7-14(15)21-4/h5-7,12H,8-11H2,1-4H3. The molecule has 2 rings (SSSR count). The second-order valence-corrected chi connectivity index (χ2v) is 5.48. The van der Waals surface area contributed by atoms with Crippen LogP contribution in [0, 0.1) is 0 Å². The van der Waals surface area contributed by atoms with Crippen LogP contribution in [-0.2, 0) is 4.74 Å². The summed E-state index contributed by atoms with van der Waals surface area (Å²) in [5, 5.41) is 0. The van der Waals surface area contributed by atoms with Crippen molar-refractivity contribution in [3.8, 4) is 11.5 Å². The lowest BCUT2D eigenvalue weighted by Crippen LogP contribution is -2.46. The van der Waals surface area contributed by atoms with Gasteiger partial charge in [0.15, 0.2) is 0 Å². The second kappa shape index (κ2) is 7.47. The third-order valence-corrected chi connectivity index (χ3v) is 3.81. The number of ether oxygens (including phenoxy) is 3. The number of morpholine rings is 1. The van der Waals surface area contributed by atoms with Crippen LogP contribution in [0.25, 0.3) is 0 Å². The van der Waals surface area contributed by atoms with Gasteiger partial charge in [-0.3, -0.25) is 4.79 Å². The predicted octanol–water partition coefficient (Wildman–Crippen LogP) is 1.11. The highest BCUT2D eigenvalue weighted by Gasteiger charge is 2.25. The Morgan fingerprint density at radius 1 is 1.36 bits per heavy atom. The number of hydrogen-bond donors (Lipinski definition) is 0. The molecule has 1 saturated heterocycles. The molecule has 0 N–H and O–H groups in total. The van der Waals surface area contributed by atoms with Crippen LogP contribution in [0.2, 0.25) is 0 Å². The summed E-state index contributed by atoms with van der Waals surface area (Å²) in [6.07, 6.45) is 0.0217. The quantitative estimate of drug-likeness (QED) is 0.815. The summed E-state index contributed by atoms with van der Waals surface area (Å²) in [6, 6.07) is 5.32. The van der Waals surface area contributed by atoms with Gasteiger partial charge in [-0.15, -0.1) is 0 Å². The molecule has 0 spiro atoms. The van der Waals surface area contributed by atoms with Gasteiger partial charge in [-0.1, -0.05) is 6.07 Å². The van der Waals surface area contributed by atoms with E-state index in [1.54, 1.807) is 44.4 Å². The lowest BCUT2D eigenvalue weighted by atomic mass is 10.1. The first-order valence-corrected chi connectivity index (χ1v) is 7.33. The fraction of sp³-hybridized carbons (Fsp3) is 0.562. The molecular weight excluding hydrogens is 284 g/mol. The molecular formula is C16H24N2O4. The van der Waals surface area contributed by atoms with E-state index in [-0.39, 0.29) is 12.0 Å². The van der Waals surface area contributed by atoms with Gasteiger partial charge >= 0.3 is 0 Å². The molecule has 22 heavy (non-hydrogen) atoms. The largest absolute Gasteiger partial charge is 0.496 e. The van der Waals surface area contributed by atoms with Gasteiger partial charge in [0.25, 0.3) is 5.91 Å². The van der Waals surface area contributed by atoms with Crippen LogP contribution >= 0.6 is 0 Å². The lowest BCUT2D eigenvalue weighted by Gasteiger charge is -2.32. The third-order valence-electron chi connectivity index (χ3n) is 3.81. The monoisotopic (exact) mass is 308 g/mol. The summed E-state index contributed by atoms with van der Waals surface area (Å²) in [6.45, 7) is 2.97. The van der Waals surface area contributed by atoms with Gasteiger partial charge in [-0.25, -0.2) is 0 Å². The Hall–Kier alpha value is -1.79. The van der Waals surface area contributed by atoms with Gasteiger partial charge in [0, 0.05) is 26.7 Å². The third kappa shape index (κ3) is 3.69. The van der Waals surface area contributed by atoms with Crippen molar-refractivity contribution >= 4 is 5.91 Å². The molecule has 1 amide bonds. The smallest absolute Gasteiger partial charge is 0.261 e. The van der Waals surface area contributed by atoms with Gasteiger partial charge in [0.2, 0.25) is 0 Å². The summed E-state index contributed by atoms with van der Waals surface area (Å²) in [5.41, 5.74) is 0.444. The molecule has 1 aromatic rings. The fourth-order valence-corrected chi connectivity index (χ4v) is 2.62. The first kappa shape index (κ1) is 16.6. The molecule has 0 aromatic heterocycles. The Morgan fingerprint density at radius 2 is 2.00 bits per heavy atom. The number of benzene rings is 1. The van der Waals surface area contributed by atoms with Crippen molar-refractivity contribution in [2.24, 2.45) is 0 Å². The normalized spacial score (nSPS) is 18.8. The van der Waals surface area contributed by atoms with E-state index in [2.05, 4.69) is 11.9 Å². The van der Waals surface area contributed by atoms with Crippen molar-refractivity contribution in [1.82, 2.24) is 9.80 Å². The minimum absolute atomic E-state index is 0.0217. The van der Waals surface area contributed by atoms with Gasteiger partial charge in [-0.05, 0) is 19.2 Å². The number of likely N-dealkylation sites (N-methyl/N-ethyl adjacent to an activating group) is 2. The molecule has 0 bridgehead atoms. The number of methoxy groups -OCH3 is 2. The summed E-state index contributed by atoms with van der Waals surface area (Å²) in [5.74, 6) is 0.891. The number of rotatable bonds is 5. The van der Waals surface area contributed by atoms with Crippen LogP contribution in [0.15, 0.2) is 18.2 Å². The molecule has 1 aliphatic heterocycles. The summed E-state index contributed by atoms with van der Waals surface area (Å²) in [7, 11) is 6.92. The molecule has 122 valence electrons. The Labute approximate surface area is 131 Å². The van der Waals surface area contributed by atoms with Crippen molar-refractivity contribution in [3.05, 3.63) is 23.8 Å². The van der Waals surface area contributed by atoms with E-state index < -0.39 is 0 Å². The lowest BCUT2D eigenvalue weighted by molar-refractivity contribution is -0.0301. The molecule has 1 fully saturated rings. The first-order valence-electron chi connectivity index (χ1n) is 7.33. The predicted molar refractivity (Wildman–Crippen MR) is 83.7 cm³/mol. The van der Waals surface area contributed by atoms with E-state index in [1.165, 1.54) is 0 Å². The van der Waals surface area contributed by atoms with Crippen LogP contribution in [0.5, 0.6) is 11.5 Å². The van der Waals surface area contributed by atoms with Gasteiger partial charge in [0.05, 0.1) is 26.9 Å². The molecule has 0 saturated carbocycles. The average Bonchev–Trinajstić information content (AvgIpc) is 2.53. The van der Waals surface area contributed by atoms with E-state index in [0.717, 1.165) is 13.1 Å². The molecule has 1 aliphatic rings. The van der Waals surface area contributed by atoms with Crippen LogP contribution in [-0.4, -0.2) is 76.4 Å². The van der Waals surface area contributed by atoms with Crippen LogP contribution in [0.1, 0.15) is 10.4 Å². The minimum Gasteiger partial charge on any atom is -0.496 e. The van der Waals surface area contributed by atoms with Crippen LogP contribution in [0.4, 0.5) is 0 Å². The van der Waals surface area contributed by atoms with Crippen molar-refractivity contribution in [3.63, 3.8) is 0 Å². The van der Waals surface area contributed by atoms with Crippen molar-refractivity contribution in [2.45, 2.75) is 6.10 Å². The highest BCUT2D eigenvalue weighted by atomic mass is 16.5. The molecule has 6 nitrogen and oxygen atoms in total. The number of carbonyl (C=O) groups is 1. The Kier molecular flexibility index (Phi) is 5.63. The zero-order chi connectivity index (χ0) is 16.1. The van der Waals surface area contributed by atoms with Gasteiger partial charge < -0.3 is 24.0 Å². The number of amides is 1. The average molecular weight is 308 g/mol. The summed E-state index contributed by atoms with van der Waals surface area (Å²) < 4.78 is 16.3. The van der Waals surface area contributed by atoms with E-state index in [4.69, 9.17) is 14.2 Å².